The SMILES string of the molecule is [C-]#[N+]C1(NS(=O)(=O)c2ccc(-c3ccsc3)c(N)c2)CC1. The molecule has 7 heteroatoms. The van der Waals surface area contributed by atoms with Gasteiger partial charge in [-0.25, -0.2) is 15.0 Å². The Morgan fingerprint density at radius 1 is 1.33 bits per heavy atom. The monoisotopic (exact) mass is 319 g/mol. The first-order chi connectivity index (χ1) is 9.96. The van der Waals surface area contributed by atoms with Gasteiger partial charge in [0.25, 0.3) is 5.66 Å². The summed E-state index contributed by atoms with van der Waals surface area (Å²) in [5.41, 5.74) is 7.21. The third-order valence-electron chi connectivity index (χ3n) is 3.43. The highest BCUT2D eigenvalue weighted by atomic mass is 32.2. The van der Waals surface area contributed by atoms with Crippen molar-refractivity contribution in [2.45, 2.75) is 23.4 Å². The zero-order valence-electron chi connectivity index (χ0n) is 11.0. The molecule has 1 aromatic carbocycles. The highest BCUT2D eigenvalue weighted by molar-refractivity contribution is 7.89. The third kappa shape index (κ3) is 2.65. The average Bonchev–Trinajstić information content (AvgIpc) is 3.00. The summed E-state index contributed by atoms with van der Waals surface area (Å²) in [6.07, 6.45) is 1.11. The number of sulfonamides is 1. The van der Waals surface area contributed by atoms with Crippen molar-refractivity contribution >= 4 is 27.0 Å². The van der Waals surface area contributed by atoms with E-state index in [1.807, 2.05) is 16.8 Å². The first kappa shape index (κ1) is 14.1. The van der Waals surface area contributed by atoms with Gasteiger partial charge >= 0.3 is 0 Å². The zero-order valence-corrected chi connectivity index (χ0v) is 12.7. The summed E-state index contributed by atoms with van der Waals surface area (Å²) in [7, 11) is -3.72. The molecule has 0 aliphatic heterocycles. The number of rotatable bonds is 4. The van der Waals surface area contributed by atoms with E-state index in [0.29, 0.717) is 18.5 Å². The molecule has 5 nitrogen and oxygen atoms in total. The summed E-state index contributed by atoms with van der Waals surface area (Å²) >= 11 is 1.55. The molecule has 0 amide bonds. The predicted molar refractivity (Wildman–Crippen MR) is 83.1 cm³/mol. The minimum Gasteiger partial charge on any atom is -0.398 e. The van der Waals surface area contributed by atoms with Crippen molar-refractivity contribution in [3.63, 3.8) is 0 Å². The summed E-state index contributed by atoms with van der Waals surface area (Å²) < 4.78 is 27.0. The largest absolute Gasteiger partial charge is 0.398 e. The van der Waals surface area contributed by atoms with Gasteiger partial charge in [-0.05, 0) is 34.5 Å². The van der Waals surface area contributed by atoms with Crippen molar-refractivity contribution in [2.75, 3.05) is 5.73 Å². The van der Waals surface area contributed by atoms with Crippen LogP contribution in [0.1, 0.15) is 12.8 Å². The fourth-order valence-corrected chi connectivity index (χ4v) is 4.11. The lowest BCUT2D eigenvalue weighted by atomic mass is 10.1. The van der Waals surface area contributed by atoms with Crippen LogP contribution in [0.2, 0.25) is 0 Å². The van der Waals surface area contributed by atoms with Gasteiger partial charge in [-0.3, -0.25) is 4.85 Å². The Kier molecular flexibility index (Phi) is 3.24. The molecule has 2 aromatic rings. The first-order valence-corrected chi connectivity index (χ1v) is 8.73. The number of nitrogens with zero attached hydrogens (tertiary/aromatic N) is 1. The summed E-state index contributed by atoms with van der Waals surface area (Å²) in [5.74, 6) is 0. The van der Waals surface area contributed by atoms with Crippen molar-refractivity contribution in [2.24, 2.45) is 0 Å². The fraction of sp³-hybridized carbons (Fsp3) is 0.214. The van der Waals surface area contributed by atoms with Gasteiger partial charge in [-0.1, -0.05) is 6.07 Å². The summed E-state index contributed by atoms with van der Waals surface area (Å²) in [4.78, 5) is 3.44. The van der Waals surface area contributed by atoms with Gasteiger partial charge in [0.05, 0.1) is 17.7 Å². The van der Waals surface area contributed by atoms with E-state index < -0.39 is 15.7 Å². The van der Waals surface area contributed by atoms with Gasteiger partial charge in [0, 0.05) is 11.3 Å². The van der Waals surface area contributed by atoms with Crippen LogP contribution in [0, 0.1) is 6.57 Å². The van der Waals surface area contributed by atoms with E-state index in [9.17, 15) is 8.42 Å². The van der Waals surface area contributed by atoms with Gasteiger partial charge in [-0.15, -0.1) is 4.72 Å². The summed E-state index contributed by atoms with van der Waals surface area (Å²) in [6.45, 7) is 7.06. The van der Waals surface area contributed by atoms with Crippen LogP contribution in [0.4, 0.5) is 5.69 Å². The van der Waals surface area contributed by atoms with Crippen molar-refractivity contribution < 1.29 is 8.42 Å². The van der Waals surface area contributed by atoms with Crippen LogP contribution in [0.3, 0.4) is 0 Å². The molecule has 0 atom stereocenters. The molecule has 0 radical (unpaired) electrons. The number of hydrogen-bond donors (Lipinski definition) is 2. The van der Waals surface area contributed by atoms with Crippen LogP contribution in [0.15, 0.2) is 39.9 Å². The zero-order chi connectivity index (χ0) is 15.1. The summed E-state index contributed by atoms with van der Waals surface area (Å²) in [5, 5.41) is 3.89. The molecule has 1 aliphatic rings. The Morgan fingerprint density at radius 2 is 2.10 bits per heavy atom. The molecule has 3 N–H and O–H groups in total. The van der Waals surface area contributed by atoms with Gasteiger partial charge in [0.1, 0.15) is 0 Å². The van der Waals surface area contributed by atoms with E-state index in [1.165, 1.54) is 12.1 Å². The van der Waals surface area contributed by atoms with E-state index >= 15 is 0 Å². The van der Waals surface area contributed by atoms with E-state index in [1.54, 1.807) is 17.4 Å². The molecule has 0 unspecified atom stereocenters. The molecule has 1 saturated carbocycles. The Labute approximate surface area is 127 Å². The molecule has 1 aromatic heterocycles. The lowest BCUT2D eigenvalue weighted by Crippen LogP contribution is -2.34. The predicted octanol–water partition coefficient (Wildman–Crippen LogP) is 2.68. The van der Waals surface area contributed by atoms with E-state index in [0.717, 1.165) is 11.1 Å². The van der Waals surface area contributed by atoms with E-state index in [2.05, 4.69) is 9.57 Å². The van der Waals surface area contributed by atoms with E-state index in [-0.39, 0.29) is 4.90 Å². The van der Waals surface area contributed by atoms with Gasteiger partial charge in [0.15, 0.2) is 0 Å². The van der Waals surface area contributed by atoms with Crippen LogP contribution in [0.25, 0.3) is 16.0 Å². The fourth-order valence-electron chi connectivity index (χ4n) is 2.05. The standard InChI is InChI=1S/C14H13N3O2S2/c1-16-14(5-6-14)17-21(18,19)11-2-3-12(13(15)8-11)10-4-7-20-9-10/h2-4,7-9,17H,5-6,15H2. The molecular formula is C14H13N3O2S2. The lowest BCUT2D eigenvalue weighted by molar-refractivity contribution is 0.568. The topological polar surface area (TPSA) is 76.5 Å². The second kappa shape index (κ2) is 4.84. The number of thiophene rings is 1. The third-order valence-corrected chi connectivity index (χ3v) is 5.63. The van der Waals surface area contributed by atoms with Crippen LogP contribution < -0.4 is 10.5 Å². The molecule has 0 spiro atoms. The molecule has 3 rings (SSSR count). The molecular weight excluding hydrogens is 306 g/mol. The second-order valence-corrected chi connectivity index (χ2v) is 7.47. The number of benzene rings is 1. The van der Waals surface area contributed by atoms with Crippen molar-refractivity contribution in [1.29, 1.82) is 0 Å². The van der Waals surface area contributed by atoms with Crippen LogP contribution in [0.5, 0.6) is 0 Å². The second-order valence-electron chi connectivity index (χ2n) is 5.01. The van der Waals surface area contributed by atoms with E-state index in [4.69, 9.17) is 12.3 Å². The van der Waals surface area contributed by atoms with Crippen LogP contribution in [-0.4, -0.2) is 14.1 Å². The first-order valence-electron chi connectivity index (χ1n) is 6.30. The Bertz CT molecular complexity index is 816. The van der Waals surface area contributed by atoms with Gasteiger partial charge in [0.2, 0.25) is 10.0 Å². The Hall–Kier alpha value is -1.88. The van der Waals surface area contributed by atoms with Crippen LogP contribution >= 0.6 is 11.3 Å². The lowest BCUT2D eigenvalue weighted by Gasteiger charge is -2.10. The quantitative estimate of drug-likeness (QED) is 0.672. The normalized spacial score (nSPS) is 16.3. The number of nitrogens with two attached hydrogens (primary N) is 1. The number of nitrogens with one attached hydrogen (secondary N) is 1. The molecule has 1 aliphatic carbocycles. The van der Waals surface area contributed by atoms with Crippen molar-refractivity contribution in [1.82, 2.24) is 4.72 Å². The minimum atomic E-state index is -3.72. The summed E-state index contributed by atoms with van der Waals surface area (Å²) in [6, 6.07) is 6.59. The molecule has 0 saturated heterocycles. The molecule has 0 bridgehead atoms. The molecule has 1 heterocycles. The maximum absolute atomic E-state index is 12.3. The molecule has 1 fully saturated rings. The highest BCUT2D eigenvalue weighted by Crippen LogP contribution is 2.38. The van der Waals surface area contributed by atoms with Gasteiger partial charge < -0.3 is 5.73 Å². The Balaban J connectivity index is 1.94. The van der Waals surface area contributed by atoms with Gasteiger partial charge in [-0.2, -0.15) is 11.3 Å². The Morgan fingerprint density at radius 3 is 2.62 bits per heavy atom. The maximum Gasteiger partial charge on any atom is 0.299 e. The smallest absolute Gasteiger partial charge is 0.299 e. The van der Waals surface area contributed by atoms with Crippen molar-refractivity contribution in [3.05, 3.63) is 46.4 Å². The molecule has 21 heavy (non-hydrogen) atoms. The minimum absolute atomic E-state index is 0.0916. The number of anilines is 1. The van der Waals surface area contributed by atoms with Crippen LogP contribution in [-0.2, 0) is 10.0 Å². The number of nitrogen functional groups attached to an aromatic ring is 1. The maximum atomic E-state index is 12.3. The molecule has 108 valence electrons. The van der Waals surface area contributed by atoms with Crippen molar-refractivity contribution in [3.8, 4) is 11.1 Å². The highest BCUT2D eigenvalue weighted by Gasteiger charge is 2.54. The number of hydrogen-bond acceptors (Lipinski definition) is 4. The average molecular weight is 319 g/mol.